The minimum Gasteiger partial charge on any atom is -0.493 e. The Hall–Kier alpha value is -3.94. The predicted molar refractivity (Wildman–Crippen MR) is 126 cm³/mol. The zero-order valence-corrected chi connectivity index (χ0v) is 18.7. The van der Waals surface area contributed by atoms with Gasteiger partial charge in [0.05, 0.1) is 17.9 Å². The molecule has 1 aromatic carbocycles. The Morgan fingerprint density at radius 1 is 1.09 bits per heavy atom. The maximum Gasteiger partial charge on any atom is 0.261 e. The highest BCUT2D eigenvalue weighted by Gasteiger charge is 2.30. The average Bonchev–Trinajstić information content (AvgIpc) is 2.93. The Morgan fingerprint density at radius 3 is 2.82 bits per heavy atom. The number of hydrogen-bond donors (Lipinski definition) is 1. The molecule has 2 aromatic heterocycles. The fraction of sp³-hybridized carbons (Fsp3) is 0.280. The number of amides is 2. The van der Waals surface area contributed by atoms with Crippen LogP contribution in [0, 0.1) is 0 Å². The van der Waals surface area contributed by atoms with Crippen molar-refractivity contribution in [1.29, 1.82) is 0 Å². The summed E-state index contributed by atoms with van der Waals surface area (Å²) in [6.45, 7) is 3.69. The van der Waals surface area contributed by atoms with Crippen molar-refractivity contribution in [2.75, 3.05) is 36.5 Å². The number of fused-ring (bicyclic) bond motifs is 3. The molecule has 33 heavy (non-hydrogen) atoms. The molecule has 2 amide bonds. The molecule has 0 saturated heterocycles. The summed E-state index contributed by atoms with van der Waals surface area (Å²) in [5.41, 5.74) is 3.83. The Bertz CT molecular complexity index is 1240. The van der Waals surface area contributed by atoms with E-state index in [1.165, 1.54) is 0 Å². The molecule has 0 fully saturated rings. The third kappa shape index (κ3) is 3.67. The van der Waals surface area contributed by atoms with Crippen LogP contribution >= 0.6 is 0 Å². The molecule has 0 aliphatic carbocycles. The van der Waals surface area contributed by atoms with Gasteiger partial charge in [0.1, 0.15) is 11.6 Å². The van der Waals surface area contributed by atoms with E-state index < -0.39 is 0 Å². The van der Waals surface area contributed by atoms with E-state index >= 15 is 0 Å². The Balaban J connectivity index is 1.38. The molecule has 5 rings (SSSR count). The van der Waals surface area contributed by atoms with Gasteiger partial charge in [-0.15, -0.1) is 0 Å². The van der Waals surface area contributed by atoms with Gasteiger partial charge >= 0.3 is 0 Å². The zero-order valence-electron chi connectivity index (χ0n) is 18.7. The number of nitrogens with one attached hydrogen (secondary N) is 1. The number of anilines is 3. The number of rotatable bonds is 5. The molecule has 4 heterocycles. The first-order valence-electron chi connectivity index (χ1n) is 11.1. The minimum absolute atomic E-state index is 0.0600. The molecule has 0 spiro atoms. The Kier molecular flexibility index (Phi) is 5.42. The molecule has 168 valence electrons. The molecule has 2 aliphatic rings. The molecule has 0 radical (unpaired) electrons. The standard InChI is InChI=1S/C25H25N5O3/c1-3-30-22-19(25(32)29(2)20-7-5-11-26-23(20)30)14-16(15-28-22)10-13-33-21-8-4-6-18-17(21)9-12-27-24(18)31/h4-8,11,14-15H,3,9-10,12-13H2,1-2H3,(H,27,31). The van der Waals surface area contributed by atoms with Crippen molar-refractivity contribution in [2.45, 2.75) is 19.8 Å². The van der Waals surface area contributed by atoms with Gasteiger partial charge in [-0.25, -0.2) is 9.97 Å². The van der Waals surface area contributed by atoms with Crippen molar-refractivity contribution in [1.82, 2.24) is 15.3 Å². The molecule has 8 nitrogen and oxygen atoms in total. The van der Waals surface area contributed by atoms with Crippen molar-refractivity contribution in [3.63, 3.8) is 0 Å². The highest BCUT2D eigenvalue weighted by Crippen LogP contribution is 2.37. The lowest BCUT2D eigenvalue weighted by Crippen LogP contribution is -2.32. The minimum atomic E-state index is -0.117. The summed E-state index contributed by atoms with van der Waals surface area (Å²) in [7, 11) is 1.76. The topological polar surface area (TPSA) is 87.7 Å². The van der Waals surface area contributed by atoms with Gasteiger partial charge in [-0.05, 0) is 49.2 Å². The van der Waals surface area contributed by atoms with Gasteiger partial charge in [-0.3, -0.25) is 9.59 Å². The summed E-state index contributed by atoms with van der Waals surface area (Å²) in [6.07, 6.45) is 4.85. The molecular formula is C25H25N5O3. The summed E-state index contributed by atoms with van der Waals surface area (Å²) >= 11 is 0. The highest BCUT2D eigenvalue weighted by atomic mass is 16.5. The maximum atomic E-state index is 13.3. The normalized spacial score (nSPS) is 14.7. The summed E-state index contributed by atoms with van der Waals surface area (Å²) in [5, 5.41) is 2.86. The number of ether oxygens (including phenoxy) is 1. The summed E-state index contributed by atoms with van der Waals surface area (Å²) < 4.78 is 6.04. The van der Waals surface area contributed by atoms with Crippen LogP contribution in [0.5, 0.6) is 5.75 Å². The summed E-state index contributed by atoms with van der Waals surface area (Å²) in [4.78, 5) is 38.1. The van der Waals surface area contributed by atoms with Gasteiger partial charge in [0.2, 0.25) is 0 Å². The van der Waals surface area contributed by atoms with Crippen molar-refractivity contribution in [3.05, 3.63) is 71.0 Å². The lowest BCUT2D eigenvalue weighted by Gasteiger charge is -2.22. The van der Waals surface area contributed by atoms with E-state index in [1.54, 1.807) is 24.3 Å². The van der Waals surface area contributed by atoms with E-state index in [4.69, 9.17) is 4.74 Å². The van der Waals surface area contributed by atoms with Crippen molar-refractivity contribution in [2.24, 2.45) is 0 Å². The van der Waals surface area contributed by atoms with Gasteiger partial charge in [0.15, 0.2) is 5.82 Å². The number of carbonyl (C=O) groups excluding carboxylic acids is 2. The quantitative estimate of drug-likeness (QED) is 0.652. The summed E-state index contributed by atoms with van der Waals surface area (Å²) in [5.74, 6) is 1.89. The van der Waals surface area contributed by atoms with Gasteiger partial charge < -0.3 is 19.9 Å². The Labute approximate surface area is 192 Å². The van der Waals surface area contributed by atoms with Gasteiger partial charge in [-0.1, -0.05) is 6.07 Å². The van der Waals surface area contributed by atoms with Gasteiger partial charge in [-0.2, -0.15) is 0 Å². The van der Waals surface area contributed by atoms with Crippen LogP contribution < -0.4 is 19.9 Å². The van der Waals surface area contributed by atoms with E-state index in [9.17, 15) is 9.59 Å². The average molecular weight is 444 g/mol. The fourth-order valence-corrected chi connectivity index (χ4v) is 4.40. The van der Waals surface area contributed by atoms with E-state index in [-0.39, 0.29) is 11.8 Å². The van der Waals surface area contributed by atoms with Gasteiger partial charge in [0, 0.05) is 50.1 Å². The van der Waals surface area contributed by atoms with Crippen LogP contribution in [0.3, 0.4) is 0 Å². The van der Waals surface area contributed by atoms with Crippen LogP contribution in [0.1, 0.15) is 38.8 Å². The maximum absolute atomic E-state index is 13.3. The lowest BCUT2D eigenvalue weighted by atomic mass is 9.99. The fourth-order valence-electron chi connectivity index (χ4n) is 4.40. The third-order valence-electron chi connectivity index (χ3n) is 6.10. The van der Waals surface area contributed by atoms with Gasteiger partial charge in [0.25, 0.3) is 11.8 Å². The van der Waals surface area contributed by atoms with Crippen LogP contribution in [0.4, 0.5) is 17.3 Å². The van der Waals surface area contributed by atoms with E-state index in [0.717, 1.165) is 34.8 Å². The first-order valence-corrected chi connectivity index (χ1v) is 11.1. The lowest BCUT2D eigenvalue weighted by molar-refractivity contribution is 0.0943. The Morgan fingerprint density at radius 2 is 1.97 bits per heavy atom. The second-order valence-corrected chi connectivity index (χ2v) is 8.06. The number of aromatic nitrogens is 2. The van der Waals surface area contributed by atoms with E-state index in [2.05, 4.69) is 15.3 Å². The zero-order chi connectivity index (χ0) is 22.9. The smallest absolute Gasteiger partial charge is 0.261 e. The van der Waals surface area contributed by atoms with Crippen LogP contribution in [0.15, 0.2) is 48.8 Å². The third-order valence-corrected chi connectivity index (χ3v) is 6.10. The van der Waals surface area contributed by atoms with Crippen LogP contribution in [0.25, 0.3) is 0 Å². The summed E-state index contributed by atoms with van der Waals surface area (Å²) in [6, 6.07) is 11.2. The number of benzene rings is 1. The monoisotopic (exact) mass is 443 g/mol. The van der Waals surface area contributed by atoms with Crippen LogP contribution in [0.2, 0.25) is 0 Å². The molecule has 3 aromatic rings. The first-order chi connectivity index (χ1) is 16.1. The second kappa shape index (κ2) is 8.54. The first kappa shape index (κ1) is 20.9. The van der Waals surface area contributed by atoms with E-state index in [1.807, 2.05) is 48.2 Å². The molecule has 2 aliphatic heterocycles. The molecule has 8 heteroatoms. The van der Waals surface area contributed by atoms with Crippen LogP contribution in [-0.2, 0) is 12.8 Å². The molecule has 0 bridgehead atoms. The number of hydrogen-bond acceptors (Lipinski definition) is 6. The molecular weight excluding hydrogens is 418 g/mol. The van der Waals surface area contributed by atoms with Crippen molar-refractivity contribution >= 4 is 29.1 Å². The molecule has 0 saturated carbocycles. The van der Waals surface area contributed by atoms with Crippen LogP contribution in [-0.4, -0.2) is 48.5 Å². The molecule has 1 N–H and O–H groups in total. The van der Waals surface area contributed by atoms with Crippen molar-refractivity contribution < 1.29 is 14.3 Å². The largest absolute Gasteiger partial charge is 0.493 e. The van der Waals surface area contributed by atoms with Crippen molar-refractivity contribution in [3.8, 4) is 5.75 Å². The van der Waals surface area contributed by atoms with E-state index in [0.29, 0.717) is 43.1 Å². The molecule has 0 atom stereocenters. The number of nitrogens with zero attached hydrogens (tertiary/aromatic N) is 4. The SMILES string of the molecule is CCN1c2ncc(CCOc3cccc4c3CCNC4=O)cc2C(=O)N(C)c2cccnc21. The predicted octanol–water partition coefficient (Wildman–Crippen LogP) is 3.13. The number of pyridine rings is 2. The number of carbonyl (C=O) groups is 2. The molecule has 0 unspecified atom stereocenters. The second-order valence-electron chi connectivity index (χ2n) is 8.06. The highest BCUT2D eigenvalue weighted by molar-refractivity contribution is 6.12.